The van der Waals surface area contributed by atoms with Gasteiger partial charge in [0.1, 0.15) is 0 Å². The molecule has 5 nitrogen and oxygen atoms in total. The van der Waals surface area contributed by atoms with Crippen LogP contribution in [-0.2, 0) is 0 Å². The van der Waals surface area contributed by atoms with Crippen LogP contribution in [0.1, 0.15) is 31.1 Å². The predicted octanol–water partition coefficient (Wildman–Crippen LogP) is 5.48. The van der Waals surface area contributed by atoms with Crippen LogP contribution in [0.15, 0.2) is 95.9 Å². The molecule has 0 atom stereocenters. The smallest absolute Gasteiger partial charge is 0.261 e. The number of imide groups is 1. The largest absolute Gasteiger partial charge is 0.322 e. The predicted molar refractivity (Wildman–Crippen MR) is 131 cm³/mol. The van der Waals surface area contributed by atoms with Gasteiger partial charge in [-0.3, -0.25) is 19.3 Å². The van der Waals surface area contributed by atoms with E-state index in [-0.39, 0.29) is 17.7 Å². The van der Waals surface area contributed by atoms with Crippen LogP contribution in [0.5, 0.6) is 0 Å². The Kier molecular flexibility index (Phi) is 5.67. The van der Waals surface area contributed by atoms with Crippen LogP contribution in [-0.4, -0.2) is 34.9 Å². The van der Waals surface area contributed by atoms with E-state index in [1.807, 2.05) is 66.7 Å². The monoisotopic (exact) mass is 452 g/mol. The Bertz CT molecular complexity index is 1360. The highest BCUT2D eigenvalue weighted by molar-refractivity contribution is 7.99. The third kappa shape index (κ3) is 4.25. The van der Waals surface area contributed by atoms with Crippen molar-refractivity contribution in [1.82, 2.24) is 4.90 Å². The minimum absolute atomic E-state index is 0.172. The van der Waals surface area contributed by atoms with Gasteiger partial charge >= 0.3 is 0 Å². The third-order valence-corrected chi connectivity index (χ3v) is 6.54. The van der Waals surface area contributed by atoms with Crippen LogP contribution >= 0.6 is 11.8 Å². The second-order valence-corrected chi connectivity index (χ2v) is 8.87. The number of hydrogen-bond acceptors (Lipinski definition) is 4. The zero-order chi connectivity index (χ0) is 22.8. The summed E-state index contributed by atoms with van der Waals surface area (Å²) in [5.41, 5.74) is 2.22. The lowest BCUT2D eigenvalue weighted by Gasteiger charge is -2.13. The molecular weight excluding hydrogens is 432 g/mol. The summed E-state index contributed by atoms with van der Waals surface area (Å²) in [5.74, 6) is -0.0952. The number of rotatable bonds is 6. The molecule has 1 N–H and O–H groups in total. The number of carbonyl (C=O) groups is 3. The van der Waals surface area contributed by atoms with Crippen molar-refractivity contribution in [3.63, 3.8) is 0 Å². The maximum atomic E-state index is 12.7. The highest BCUT2D eigenvalue weighted by Crippen LogP contribution is 2.26. The number of hydrogen-bond donors (Lipinski definition) is 1. The fourth-order valence-corrected chi connectivity index (χ4v) is 4.79. The summed E-state index contributed by atoms with van der Waals surface area (Å²) in [6, 6.07) is 28.0. The van der Waals surface area contributed by atoms with E-state index in [1.165, 1.54) is 16.7 Å². The number of fused-ring (bicyclic) bond motifs is 2. The summed E-state index contributed by atoms with van der Waals surface area (Å²) in [6.45, 7) is 0.324. The van der Waals surface area contributed by atoms with E-state index in [0.29, 0.717) is 34.7 Å². The molecule has 0 saturated heterocycles. The van der Waals surface area contributed by atoms with Crippen molar-refractivity contribution in [2.75, 3.05) is 17.6 Å². The van der Waals surface area contributed by atoms with Gasteiger partial charge in [0, 0.05) is 28.4 Å². The van der Waals surface area contributed by atoms with E-state index in [1.54, 1.807) is 24.3 Å². The molecule has 0 saturated carbocycles. The van der Waals surface area contributed by atoms with Gasteiger partial charge in [-0.1, -0.05) is 48.5 Å². The van der Waals surface area contributed by atoms with Gasteiger partial charge in [-0.05, 0) is 53.2 Å². The van der Waals surface area contributed by atoms with Gasteiger partial charge in [0.05, 0.1) is 11.1 Å². The maximum absolute atomic E-state index is 12.7. The Labute approximate surface area is 195 Å². The highest BCUT2D eigenvalue weighted by Gasteiger charge is 2.34. The van der Waals surface area contributed by atoms with Crippen molar-refractivity contribution in [3.8, 4) is 0 Å². The van der Waals surface area contributed by atoms with Crippen LogP contribution in [0.25, 0.3) is 10.8 Å². The Hall–Kier alpha value is -3.90. The molecule has 1 aliphatic rings. The van der Waals surface area contributed by atoms with Gasteiger partial charge in [0.15, 0.2) is 0 Å². The number of thioether (sulfide) groups is 1. The lowest BCUT2D eigenvalue weighted by Crippen LogP contribution is -2.31. The van der Waals surface area contributed by atoms with Crippen LogP contribution in [0.4, 0.5) is 5.69 Å². The second kappa shape index (κ2) is 8.92. The number of anilines is 1. The second-order valence-electron chi connectivity index (χ2n) is 7.70. The zero-order valence-corrected chi connectivity index (χ0v) is 18.5. The van der Waals surface area contributed by atoms with Crippen molar-refractivity contribution in [2.24, 2.45) is 0 Å². The molecule has 162 valence electrons. The molecule has 3 amide bonds. The molecule has 0 aromatic heterocycles. The molecule has 1 aliphatic heterocycles. The topological polar surface area (TPSA) is 66.5 Å². The Morgan fingerprint density at radius 1 is 0.758 bits per heavy atom. The summed E-state index contributed by atoms with van der Waals surface area (Å²) in [4.78, 5) is 40.0. The lowest BCUT2D eigenvalue weighted by atomic mass is 10.1. The van der Waals surface area contributed by atoms with Crippen molar-refractivity contribution in [2.45, 2.75) is 4.90 Å². The van der Waals surface area contributed by atoms with Crippen molar-refractivity contribution in [3.05, 3.63) is 108 Å². The van der Waals surface area contributed by atoms with E-state index in [0.717, 1.165) is 15.7 Å². The van der Waals surface area contributed by atoms with Crippen molar-refractivity contribution < 1.29 is 14.4 Å². The fourth-order valence-electron chi connectivity index (χ4n) is 3.89. The summed E-state index contributed by atoms with van der Waals surface area (Å²) in [6.07, 6.45) is 0. The van der Waals surface area contributed by atoms with Gasteiger partial charge < -0.3 is 5.32 Å². The molecule has 5 rings (SSSR count). The third-order valence-electron chi connectivity index (χ3n) is 5.57. The molecule has 0 spiro atoms. The first-order valence-corrected chi connectivity index (χ1v) is 11.6. The number of benzene rings is 4. The molecular formula is C27H20N2O3S. The standard InChI is InChI=1S/C27H20N2O3S/c30-25(20-13-12-18-6-1-2-7-19(18)16-20)28-21-8-5-9-22(17-21)33-15-14-29-26(31)23-10-3-4-11-24(23)27(29)32/h1-13,16-17H,14-15H2,(H,28,30). The quantitative estimate of drug-likeness (QED) is 0.311. The van der Waals surface area contributed by atoms with Crippen LogP contribution < -0.4 is 5.32 Å². The van der Waals surface area contributed by atoms with Crippen LogP contribution in [0, 0.1) is 0 Å². The molecule has 4 aromatic rings. The zero-order valence-electron chi connectivity index (χ0n) is 17.7. The molecule has 33 heavy (non-hydrogen) atoms. The average molecular weight is 453 g/mol. The van der Waals surface area contributed by atoms with Crippen molar-refractivity contribution in [1.29, 1.82) is 0 Å². The molecule has 6 heteroatoms. The minimum atomic E-state index is -0.243. The average Bonchev–Trinajstić information content (AvgIpc) is 3.09. The summed E-state index contributed by atoms with van der Waals surface area (Å²) < 4.78 is 0. The van der Waals surface area contributed by atoms with Crippen LogP contribution in [0.2, 0.25) is 0 Å². The number of nitrogens with one attached hydrogen (secondary N) is 1. The maximum Gasteiger partial charge on any atom is 0.261 e. The fraction of sp³-hybridized carbons (Fsp3) is 0.0741. The Balaban J connectivity index is 1.21. The highest BCUT2D eigenvalue weighted by atomic mass is 32.2. The van der Waals surface area contributed by atoms with E-state index in [4.69, 9.17) is 0 Å². The van der Waals surface area contributed by atoms with Gasteiger partial charge in [0.25, 0.3) is 17.7 Å². The van der Waals surface area contributed by atoms with Crippen LogP contribution in [0.3, 0.4) is 0 Å². The molecule has 4 aromatic carbocycles. The number of carbonyl (C=O) groups excluding carboxylic acids is 3. The first kappa shape index (κ1) is 21.0. The molecule has 0 radical (unpaired) electrons. The lowest BCUT2D eigenvalue weighted by molar-refractivity contribution is 0.0664. The molecule has 0 fully saturated rings. The summed E-state index contributed by atoms with van der Waals surface area (Å²) >= 11 is 1.53. The van der Waals surface area contributed by atoms with E-state index in [9.17, 15) is 14.4 Å². The minimum Gasteiger partial charge on any atom is -0.322 e. The van der Waals surface area contributed by atoms with E-state index in [2.05, 4.69) is 5.32 Å². The van der Waals surface area contributed by atoms with Gasteiger partial charge in [0.2, 0.25) is 0 Å². The Morgan fingerprint density at radius 2 is 1.45 bits per heavy atom. The first-order valence-electron chi connectivity index (χ1n) is 10.6. The molecule has 0 unspecified atom stereocenters. The Morgan fingerprint density at radius 3 is 2.21 bits per heavy atom. The molecule has 0 aliphatic carbocycles. The number of amides is 3. The summed E-state index contributed by atoms with van der Waals surface area (Å²) in [7, 11) is 0. The van der Waals surface area contributed by atoms with Gasteiger partial charge in [-0.15, -0.1) is 11.8 Å². The summed E-state index contributed by atoms with van der Waals surface area (Å²) in [5, 5.41) is 5.05. The van der Waals surface area contributed by atoms with Gasteiger partial charge in [-0.2, -0.15) is 0 Å². The molecule has 1 heterocycles. The SMILES string of the molecule is O=C(Nc1cccc(SCCN2C(=O)c3ccccc3C2=O)c1)c1ccc2ccccc2c1. The van der Waals surface area contributed by atoms with Crippen molar-refractivity contribution >= 4 is 45.9 Å². The van der Waals surface area contributed by atoms with E-state index >= 15 is 0 Å². The first-order chi connectivity index (χ1) is 16.1. The molecule has 0 bridgehead atoms. The van der Waals surface area contributed by atoms with Gasteiger partial charge in [-0.25, -0.2) is 0 Å². The normalized spacial score (nSPS) is 12.8. The van der Waals surface area contributed by atoms with E-state index < -0.39 is 0 Å². The number of nitrogens with zero attached hydrogens (tertiary/aromatic N) is 1.